The monoisotopic (exact) mass is 1110 g/mol. The number of aromatic nitrogens is 2. The number of carbonyl (C=O) groups is 4. The van der Waals surface area contributed by atoms with E-state index in [1.165, 1.54) is 67.7 Å². The fourth-order valence-corrected chi connectivity index (χ4v) is 9.23. The van der Waals surface area contributed by atoms with E-state index in [4.69, 9.17) is 43.5 Å². The van der Waals surface area contributed by atoms with Crippen LogP contribution < -0.4 is 20.5 Å². The number of ketones is 2. The van der Waals surface area contributed by atoms with Crippen LogP contribution in [0.5, 0.6) is 11.5 Å². The number of carboxylic acid groups (broad SMARTS) is 1. The minimum Gasteiger partial charge on any atom is -0.489 e. The van der Waals surface area contributed by atoms with Crippen molar-refractivity contribution in [1.82, 2.24) is 25.1 Å². The van der Waals surface area contributed by atoms with E-state index in [1.807, 2.05) is 12.1 Å². The lowest BCUT2D eigenvalue weighted by Gasteiger charge is -2.28. The van der Waals surface area contributed by atoms with Gasteiger partial charge in [0.05, 0.1) is 45.8 Å². The highest BCUT2D eigenvalue weighted by molar-refractivity contribution is 6.43. The van der Waals surface area contributed by atoms with Gasteiger partial charge in [0.1, 0.15) is 29.2 Å². The quantitative estimate of drug-likeness (QED) is 0.0377. The van der Waals surface area contributed by atoms with Gasteiger partial charge in [-0.05, 0) is 186 Å². The van der Waals surface area contributed by atoms with Crippen molar-refractivity contribution in [3.05, 3.63) is 166 Å². The summed E-state index contributed by atoms with van der Waals surface area (Å²) >= 11 is 12.6. The number of carboxylic acids is 1. The van der Waals surface area contributed by atoms with Crippen molar-refractivity contribution in [2.24, 2.45) is 5.73 Å². The average Bonchev–Trinajstić information content (AvgIpc) is 4.34. The zero-order chi connectivity index (χ0) is 54.6. The summed E-state index contributed by atoms with van der Waals surface area (Å²) in [5.74, 6) is -3.55. The maximum atomic E-state index is 13.2. The Hall–Kier alpha value is -6.70. The van der Waals surface area contributed by atoms with Crippen LogP contribution in [-0.2, 0) is 9.59 Å². The molecule has 6 N–H and O–H groups in total. The molecule has 2 saturated carbocycles. The summed E-state index contributed by atoms with van der Waals surface area (Å²) in [5, 5.41) is 33.9. The molecule has 19 heteroatoms. The fourth-order valence-electron chi connectivity index (χ4n) is 8.76. The number of Topliss-reactive ketones (excluding diaryl/α,β-unsaturated/α-hetero) is 2. The van der Waals surface area contributed by atoms with E-state index in [2.05, 4.69) is 25.1 Å². The summed E-state index contributed by atoms with van der Waals surface area (Å²) in [7, 11) is 0. The number of ether oxygens (including phenoxy) is 2. The molecule has 2 aromatic heterocycles. The number of nitrogens with two attached hydrogens (primary N) is 1. The maximum absolute atomic E-state index is 13.2. The third-order valence-electron chi connectivity index (χ3n) is 13.4. The number of hydrogen-bond acceptors (Lipinski definition) is 13. The Morgan fingerprint density at radius 3 is 1.44 bits per heavy atom. The van der Waals surface area contributed by atoms with Crippen molar-refractivity contribution >= 4 is 46.6 Å². The second-order valence-corrected chi connectivity index (χ2v) is 20.3. The minimum absolute atomic E-state index is 0. The molecular weight excluding hydrogens is 1050 g/mol. The van der Waals surface area contributed by atoms with Gasteiger partial charge < -0.3 is 45.6 Å². The van der Waals surface area contributed by atoms with E-state index in [-0.39, 0.29) is 42.3 Å². The number of aliphatic hydroxyl groups excluding tert-OH is 2. The van der Waals surface area contributed by atoms with Crippen molar-refractivity contribution in [3.63, 3.8) is 0 Å². The average molecular weight is 1110 g/mol. The molecule has 4 aliphatic rings. The third kappa shape index (κ3) is 16.7. The third-order valence-corrected chi connectivity index (χ3v) is 14.0. The largest absolute Gasteiger partial charge is 0.489 e. The Balaban J connectivity index is 0.000000186. The van der Waals surface area contributed by atoms with Gasteiger partial charge in [0, 0.05) is 53.8 Å². The number of carbonyl (C=O) groups excluding carboxylic acids is 3. The summed E-state index contributed by atoms with van der Waals surface area (Å²) in [6.45, 7) is 4.98. The van der Waals surface area contributed by atoms with Crippen LogP contribution in [0.1, 0.15) is 103 Å². The second kappa shape index (κ2) is 27.8. The first-order valence-corrected chi connectivity index (χ1v) is 26.4. The van der Waals surface area contributed by atoms with E-state index in [1.54, 1.807) is 54.6 Å². The smallest absolute Gasteiger partial charge is 0.377 e. The Bertz CT molecular complexity index is 2970. The lowest BCUT2D eigenvalue weighted by molar-refractivity contribution is -0.131. The van der Waals surface area contributed by atoms with Crippen LogP contribution in [0.25, 0.3) is 22.5 Å². The maximum Gasteiger partial charge on any atom is 0.377 e. The molecule has 4 fully saturated rings. The molecule has 78 heavy (non-hydrogen) atoms. The van der Waals surface area contributed by atoms with Crippen molar-refractivity contribution < 1.29 is 52.8 Å². The zero-order valence-corrected chi connectivity index (χ0v) is 43.6. The van der Waals surface area contributed by atoms with Crippen molar-refractivity contribution in [3.8, 4) is 34.0 Å². The predicted molar refractivity (Wildman–Crippen MR) is 294 cm³/mol. The SMILES string of the molecule is C.N[C@H](CN1CCCC1)C(O)c1ccc(OC2CC2)c(Cl)c1.O=C(N[C@H](CN1CCCC1)[C@H](O)c1ccc(OC2CC2)c(Cl)c1)C(=O)c1ccc(-c2ccc(F)cc2)nc1.O=C(O)C(=O)c1ccc(-c2ccc(F)cc2)nc1. The summed E-state index contributed by atoms with van der Waals surface area (Å²) < 4.78 is 37.4. The van der Waals surface area contributed by atoms with Gasteiger partial charge in [-0.3, -0.25) is 24.4 Å². The number of aliphatic carboxylic acids is 1. The summed E-state index contributed by atoms with van der Waals surface area (Å²) in [5.41, 5.74) is 10.0. The standard InChI is InChI=1S/C29H29ClFN3O4.C16H23ClN2O2.C13H8FNO3.CH4/c30-23-15-19(6-12-26(23)38-22-9-10-22)27(35)25(17-34-13-1-2-14-34)33-29(37)28(36)20-5-11-24(32-16-20)18-3-7-21(31)8-4-18;17-13-9-11(3-6-15(13)21-12-4-5-12)16(20)14(18)10-19-7-1-2-8-19;14-10-4-1-8(2-5-10)11-6-3-9(7-15-11)12(16)13(17)18;/h3-8,11-12,15-16,22,25,27,35H,1-2,9-10,13-14,17H2,(H,33,37);3,6,9,12,14,16,20H,1-2,4-5,7-8,10,18H2;1-7H,(H,17,18);1H4/t25-,27-;14-,16?;;/m11../s1. The number of nitrogens with zero attached hydrogens (tertiary/aromatic N) is 4. The number of benzene rings is 4. The first kappa shape index (κ1) is 59.0. The normalized spacial score (nSPS) is 16.7. The molecule has 15 nitrogen and oxygen atoms in total. The fraction of sp³-hybridized carbons (Fsp3) is 0.356. The summed E-state index contributed by atoms with van der Waals surface area (Å²) in [6, 6.07) is 27.1. The molecule has 1 unspecified atom stereocenters. The zero-order valence-electron chi connectivity index (χ0n) is 42.1. The lowest BCUT2D eigenvalue weighted by atomic mass is 10.0. The Kier molecular flexibility index (Phi) is 21.0. The topological polar surface area (TPSA) is 218 Å². The molecule has 0 spiro atoms. The number of halogens is 4. The Morgan fingerprint density at radius 1 is 0.615 bits per heavy atom. The van der Waals surface area contributed by atoms with E-state index >= 15 is 0 Å². The molecule has 6 aromatic rings. The molecule has 0 bridgehead atoms. The predicted octanol–water partition coefficient (Wildman–Crippen LogP) is 9.71. The summed E-state index contributed by atoms with van der Waals surface area (Å²) in [6.07, 6.45) is 9.98. The van der Waals surface area contributed by atoms with Crippen LogP contribution >= 0.6 is 23.2 Å². The molecule has 0 radical (unpaired) electrons. The highest BCUT2D eigenvalue weighted by Crippen LogP contribution is 2.36. The molecule has 4 atom stereocenters. The highest BCUT2D eigenvalue weighted by atomic mass is 35.5. The van der Waals surface area contributed by atoms with Crippen LogP contribution in [0.2, 0.25) is 10.0 Å². The van der Waals surface area contributed by atoms with Crippen molar-refractivity contribution in [2.75, 3.05) is 39.3 Å². The first-order chi connectivity index (χ1) is 37.1. The van der Waals surface area contributed by atoms with Gasteiger partial charge in [-0.2, -0.15) is 0 Å². The first-order valence-electron chi connectivity index (χ1n) is 25.6. The minimum atomic E-state index is -1.52. The van der Waals surface area contributed by atoms with Gasteiger partial charge in [-0.25, -0.2) is 13.6 Å². The van der Waals surface area contributed by atoms with Gasteiger partial charge >= 0.3 is 5.97 Å². The van der Waals surface area contributed by atoms with Crippen LogP contribution in [0.15, 0.2) is 122 Å². The molecule has 2 aliphatic heterocycles. The Morgan fingerprint density at radius 2 is 1.04 bits per heavy atom. The lowest BCUT2D eigenvalue weighted by Crippen LogP contribution is -2.48. The molecule has 412 valence electrons. The van der Waals surface area contributed by atoms with E-state index in [0.717, 1.165) is 76.8 Å². The van der Waals surface area contributed by atoms with E-state index in [0.29, 0.717) is 62.3 Å². The number of nitrogens with one attached hydrogen (secondary N) is 1. The number of amides is 1. The molecule has 2 aliphatic carbocycles. The number of hydrogen-bond donors (Lipinski definition) is 5. The molecule has 4 heterocycles. The number of likely N-dealkylation sites (tertiary alicyclic amines) is 2. The number of rotatable bonds is 19. The molecule has 4 aromatic carbocycles. The summed E-state index contributed by atoms with van der Waals surface area (Å²) in [4.78, 5) is 60.3. The van der Waals surface area contributed by atoms with Crippen LogP contribution in [0, 0.1) is 11.6 Å². The van der Waals surface area contributed by atoms with Gasteiger partial charge in [-0.15, -0.1) is 0 Å². The second-order valence-electron chi connectivity index (χ2n) is 19.5. The van der Waals surface area contributed by atoms with Crippen LogP contribution in [0.3, 0.4) is 0 Å². The number of aliphatic hydroxyl groups is 2. The molecular formula is C59H64Cl2F2N6O9. The highest BCUT2D eigenvalue weighted by Gasteiger charge is 2.31. The molecule has 10 rings (SSSR count). The van der Waals surface area contributed by atoms with Gasteiger partial charge in [0.15, 0.2) is 0 Å². The van der Waals surface area contributed by atoms with Crippen molar-refractivity contribution in [2.45, 2.75) is 95.3 Å². The van der Waals surface area contributed by atoms with Crippen LogP contribution in [-0.4, -0.2) is 122 Å². The molecule has 1 amide bonds. The van der Waals surface area contributed by atoms with Gasteiger partial charge in [0.25, 0.3) is 17.5 Å². The van der Waals surface area contributed by atoms with Gasteiger partial charge in [-0.1, -0.05) is 42.8 Å². The Labute approximate surface area is 462 Å². The molecule has 2 saturated heterocycles. The van der Waals surface area contributed by atoms with E-state index < -0.39 is 41.7 Å². The van der Waals surface area contributed by atoms with Crippen LogP contribution in [0.4, 0.5) is 8.78 Å². The van der Waals surface area contributed by atoms with Crippen molar-refractivity contribution in [1.29, 1.82) is 0 Å². The number of pyridine rings is 2. The van der Waals surface area contributed by atoms with E-state index in [9.17, 15) is 38.2 Å². The van der Waals surface area contributed by atoms with Gasteiger partial charge in [0.2, 0.25) is 0 Å².